The van der Waals surface area contributed by atoms with E-state index in [-0.39, 0.29) is 17.9 Å². The lowest BCUT2D eigenvalue weighted by atomic mass is 10.1. The number of rotatable bonds is 5. The fourth-order valence-electron chi connectivity index (χ4n) is 2.18. The van der Waals surface area contributed by atoms with Gasteiger partial charge in [-0.3, -0.25) is 14.6 Å². The maximum absolute atomic E-state index is 12.4. The van der Waals surface area contributed by atoms with E-state index >= 15 is 0 Å². The molecule has 0 saturated heterocycles. The third-order valence-electron chi connectivity index (χ3n) is 3.33. The molecule has 0 aliphatic heterocycles. The molecule has 0 saturated carbocycles. The second-order valence-electron chi connectivity index (χ2n) is 5.56. The highest BCUT2D eigenvalue weighted by Crippen LogP contribution is 2.16. The van der Waals surface area contributed by atoms with E-state index in [2.05, 4.69) is 15.6 Å². The summed E-state index contributed by atoms with van der Waals surface area (Å²) in [4.78, 5) is 28.4. The van der Waals surface area contributed by atoms with Gasteiger partial charge < -0.3 is 10.6 Å². The molecule has 1 aromatic carbocycles. The molecule has 23 heavy (non-hydrogen) atoms. The van der Waals surface area contributed by atoms with Crippen molar-refractivity contribution < 1.29 is 9.59 Å². The number of pyridine rings is 1. The Morgan fingerprint density at radius 2 is 1.74 bits per heavy atom. The number of anilines is 1. The second kappa shape index (κ2) is 7.54. The van der Waals surface area contributed by atoms with Gasteiger partial charge in [-0.25, -0.2) is 0 Å². The van der Waals surface area contributed by atoms with Crippen LogP contribution in [-0.4, -0.2) is 22.8 Å². The van der Waals surface area contributed by atoms with Gasteiger partial charge in [-0.15, -0.1) is 0 Å². The Balaban J connectivity index is 2.18. The molecule has 0 bridgehead atoms. The zero-order valence-corrected chi connectivity index (χ0v) is 13.6. The van der Waals surface area contributed by atoms with Crippen LogP contribution in [0.4, 0.5) is 5.69 Å². The number of benzene rings is 1. The summed E-state index contributed by atoms with van der Waals surface area (Å²) in [5.74, 6) is -0.520. The summed E-state index contributed by atoms with van der Waals surface area (Å²) < 4.78 is 0. The highest BCUT2D eigenvalue weighted by atomic mass is 16.2. The Morgan fingerprint density at radius 1 is 1.09 bits per heavy atom. The number of hydrogen-bond acceptors (Lipinski definition) is 3. The van der Waals surface area contributed by atoms with Crippen LogP contribution in [0.5, 0.6) is 0 Å². The van der Waals surface area contributed by atoms with Crippen molar-refractivity contribution in [1.29, 1.82) is 0 Å². The number of nitrogens with one attached hydrogen (secondary N) is 2. The third-order valence-corrected chi connectivity index (χ3v) is 3.33. The van der Waals surface area contributed by atoms with Crippen LogP contribution in [0.2, 0.25) is 0 Å². The molecule has 2 amide bonds. The van der Waals surface area contributed by atoms with Crippen molar-refractivity contribution >= 4 is 17.5 Å². The minimum atomic E-state index is -0.280. The lowest BCUT2D eigenvalue weighted by molar-refractivity contribution is 0.0942. The average Bonchev–Trinajstić information content (AvgIpc) is 2.55. The highest BCUT2D eigenvalue weighted by Gasteiger charge is 2.13. The molecule has 0 atom stereocenters. The molecular weight excluding hydrogens is 290 g/mol. The molecule has 0 fully saturated rings. The van der Waals surface area contributed by atoms with Gasteiger partial charge in [0.15, 0.2) is 0 Å². The van der Waals surface area contributed by atoms with Crippen LogP contribution in [-0.2, 0) is 6.42 Å². The molecule has 0 spiro atoms. The highest BCUT2D eigenvalue weighted by molar-refractivity contribution is 6.06. The van der Waals surface area contributed by atoms with Gasteiger partial charge in [-0.1, -0.05) is 25.1 Å². The molecule has 0 aliphatic rings. The second-order valence-corrected chi connectivity index (χ2v) is 5.56. The van der Waals surface area contributed by atoms with Crippen LogP contribution in [0.3, 0.4) is 0 Å². The number of aryl methyl sites for hydroxylation is 1. The molecule has 120 valence electrons. The monoisotopic (exact) mass is 311 g/mol. The third kappa shape index (κ3) is 4.39. The predicted octanol–water partition coefficient (Wildman–Crippen LogP) is 3.03. The van der Waals surface area contributed by atoms with Crippen LogP contribution >= 0.6 is 0 Å². The van der Waals surface area contributed by atoms with Crippen LogP contribution in [0.15, 0.2) is 42.7 Å². The van der Waals surface area contributed by atoms with Gasteiger partial charge >= 0.3 is 0 Å². The van der Waals surface area contributed by atoms with E-state index in [0.29, 0.717) is 11.1 Å². The molecule has 1 heterocycles. The van der Waals surface area contributed by atoms with Gasteiger partial charge in [0.25, 0.3) is 11.8 Å². The lowest BCUT2D eigenvalue weighted by Gasteiger charge is -2.11. The summed E-state index contributed by atoms with van der Waals surface area (Å²) in [7, 11) is 0. The maximum atomic E-state index is 12.4. The van der Waals surface area contributed by atoms with Crippen LogP contribution in [0.25, 0.3) is 0 Å². The molecule has 2 rings (SSSR count). The summed E-state index contributed by atoms with van der Waals surface area (Å²) in [5.41, 5.74) is 2.56. The van der Waals surface area contributed by atoms with Crippen molar-refractivity contribution in [2.45, 2.75) is 33.2 Å². The minimum Gasteiger partial charge on any atom is -0.350 e. The SMILES string of the molecule is CCc1ccccc1NC(=O)c1cncc(C(=O)NC(C)C)c1. The van der Waals surface area contributed by atoms with E-state index < -0.39 is 0 Å². The molecular formula is C18H21N3O2. The summed E-state index contributed by atoms with van der Waals surface area (Å²) in [5, 5.41) is 5.66. The van der Waals surface area contributed by atoms with Crippen molar-refractivity contribution in [1.82, 2.24) is 10.3 Å². The topological polar surface area (TPSA) is 71.1 Å². The van der Waals surface area contributed by atoms with Crippen molar-refractivity contribution in [3.8, 4) is 0 Å². The Bertz CT molecular complexity index is 711. The molecule has 5 nitrogen and oxygen atoms in total. The molecule has 0 radical (unpaired) electrons. The van der Waals surface area contributed by atoms with Crippen LogP contribution < -0.4 is 10.6 Å². The number of aromatic nitrogens is 1. The Hall–Kier alpha value is -2.69. The van der Waals surface area contributed by atoms with Crippen molar-refractivity contribution in [3.05, 3.63) is 59.4 Å². The van der Waals surface area contributed by atoms with Crippen LogP contribution in [0, 0.1) is 0 Å². The average molecular weight is 311 g/mol. The Morgan fingerprint density at radius 3 is 2.39 bits per heavy atom. The number of carbonyl (C=O) groups is 2. The smallest absolute Gasteiger partial charge is 0.257 e. The Kier molecular flexibility index (Phi) is 5.46. The van der Waals surface area contributed by atoms with E-state index in [9.17, 15) is 9.59 Å². The first-order chi connectivity index (χ1) is 11.0. The summed E-state index contributed by atoms with van der Waals surface area (Å²) in [6.45, 7) is 5.79. The van der Waals surface area contributed by atoms with Gasteiger partial charge in [-0.2, -0.15) is 0 Å². The van der Waals surface area contributed by atoms with Gasteiger partial charge in [0.1, 0.15) is 0 Å². The van der Waals surface area contributed by atoms with E-state index in [0.717, 1.165) is 17.7 Å². The largest absolute Gasteiger partial charge is 0.350 e. The maximum Gasteiger partial charge on any atom is 0.257 e. The molecule has 2 aromatic rings. The minimum absolute atomic E-state index is 0.0245. The normalized spacial score (nSPS) is 10.4. The molecule has 1 aromatic heterocycles. The molecule has 0 aliphatic carbocycles. The standard InChI is InChI=1S/C18H21N3O2/c1-4-13-7-5-6-8-16(13)21-18(23)15-9-14(10-19-11-15)17(22)20-12(2)3/h5-12H,4H2,1-3H3,(H,20,22)(H,21,23). The van der Waals surface area contributed by atoms with Gasteiger partial charge in [0, 0.05) is 24.1 Å². The summed E-state index contributed by atoms with van der Waals surface area (Å²) in [6.07, 6.45) is 3.73. The van der Waals surface area contributed by atoms with Crippen molar-refractivity contribution in [3.63, 3.8) is 0 Å². The van der Waals surface area contributed by atoms with Crippen LogP contribution in [0.1, 0.15) is 47.1 Å². The summed E-state index contributed by atoms with van der Waals surface area (Å²) in [6, 6.07) is 9.22. The lowest BCUT2D eigenvalue weighted by Crippen LogP contribution is -2.30. The fraction of sp³-hybridized carbons (Fsp3) is 0.278. The predicted molar refractivity (Wildman–Crippen MR) is 90.6 cm³/mol. The molecule has 5 heteroatoms. The first-order valence-corrected chi connectivity index (χ1v) is 7.66. The summed E-state index contributed by atoms with van der Waals surface area (Å²) >= 11 is 0. The van der Waals surface area contributed by atoms with E-state index in [1.165, 1.54) is 12.4 Å². The first kappa shape index (κ1) is 16.7. The quantitative estimate of drug-likeness (QED) is 0.891. The van der Waals surface area contributed by atoms with Crippen molar-refractivity contribution in [2.24, 2.45) is 0 Å². The van der Waals surface area contributed by atoms with Gasteiger partial charge in [0.05, 0.1) is 11.1 Å². The molecule has 2 N–H and O–H groups in total. The zero-order chi connectivity index (χ0) is 16.8. The Labute approximate surface area is 136 Å². The zero-order valence-electron chi connectivity index (χ0n) is 13.6. The number of amides is 2. The fourth-order valence-corrected chi connectivity index (χ4v) is 2.18. The first-order valence-electron chi connectivity index (χ1n) is 7.66. The number of hydrogen-bond donors (Lipinski definition) is 2. The van der Waals surface area contributed by atoms with Crippen molar-refractivity contribution in [2.75, 3.05) is 5.32 Å². The van der Waals surface area contributed by atoms with E-state index in [4.69, 9.17) is 0 Å². The molecule has 0 unspecified atom stereocenters. The van der Waals surface area contributed by atoms with Gasteiger partial charge in [0.2, 0.25) is 0 Å². The van der Waals surface area contributed by atoms with Gasteiger partial charge in [-0.05, 0) is 38.0 Å². The van der Waals surface area contributed by atoms with E-state index in [1.54, 1.807) is 6.07 Å². The van der Waals surface area contributed by atoms with E-state index in [1.807, 2.05) is 45.0 Å². The number of nitrogens with zero attached hydrogens (tertiary/aromatic N) is 1. The number of carbonyl (C=O) groups excluding carboxylic acids is 2. The number of para-hydroxylation sites is 1.